The number of hydrogen-bond acceptors (Lipinski definition) is 2. The minimum absolute atomic E-state index is 0.453. The molecule has 1 aromatic carbocycles. The molecule has 25 heavy (non-hydrogen) atoms. The number of benzene rings is 1. The standard InChI is InChI=1S/C23H40O2/c1-5-8-9-10-11-15-19-22(16-6-2)23(24-4,25-7-3)20-21-17-13-12-14-18-21/h12-14,17-18,22H,5-11,15-16,19-20H2,1-4H3. The molecule has 0 bridgehead atoms. The van der Waals surface area contributed by atoms with Crippen molar-refractivity contribution in [2.75, 3.05) is 13.7 Å². The van der Waals surface area contributed by atoms with Crippen molar-refractivity contribution in [3.05, 3.63) is 35.9 Å². The highest BCUT2D eigenvalue weighted by Crippen LogP contribution is 2.35. The topological polar surface area (TPSA) is 18.5 Å². The minimum atomic E-state index is -0.491. The maximum Gasteiger partial charge on any atom is 0.174 e. The van der Waals surface area contributed by atoms with Gasteiger partial charge in [-0.25, -0.2) is 0 Å². The van der Waals surface area contributed by atoms with Crippen LogP contribution in [0.4, 0.5) is 0 Å². The fraction of sp³-hybridized carbons (Fsp3) is 0.739. The van der Waals surface area contributed by atoms with Gasteiger partial charge in [-0.1, -0.05) is 89.1 Å². The molecule has 0 amide bonds. The van der Waals surface area contributed by atoms with Crippen molar-refractivity contribution in [1.82, 2.24) is 0 Å². The summed E-state index contributed by atoms with van der Waals surface area (Å²) in [6, 6.07) is 10.6. The quantitative estimate of drug-likeness (QED) is 0.257. The third kappa shape index (κ3) is 7.92. The first kappa shape index (κ1) is 22.2. The third-order valence-electron chi connectivity index (χ3n) is 5.19. The summed E-state index contributed by atoms with van der Waals surface area (Å²) in [7, 11) is 1.82. The van der Waals surface area contributed by atoms with Gasteiger partial charge in [0.05, 0.1) is 0 Å². The second-order valence-corrected chi connectivity index (χ2v) is 7.15. The monoisotopic (exact) mass is 348 g/mol. The third-order valence-corrected chi connectivity index (χ3v) is 5.19. The second kappa shape index (κ2) is 13.4. The van der Waals surface area contributed by atoms with Gasteiger partial charge in [0.1, 0.15) is 0 Å². The van der Waals surface area contributed by atoms with Crippen molar-refractivity contribution in [1.29, 1.82) is 0 Å². The number of ether oxygens (including phenoxy) is 2. The maximum atomic E-state index is 6.27. The van der Waals surface area contributed by atoms with Crippen LogP contribution >= 0.6 is 0 Å². The molecule has 1 aromatic rings. The van der Waals surface area contributed by atoms with Crippen LogP contribution in [0.25, 0.3) is 0 Å². The Bertz CT molecular complexity index is 417. The summed E-state index contributed by atoms with van der Waals surface area (Å²) in [4.78, 5) is 0. The highest BCUT2D eigenvalue weighted by molar-refractivity contribution is 5.16. The van der Waals surface area contributed by atoms with E-state index in [1.165, 1.54) is 56.9 Å². The summed E-state index contributed by atoms with van der Waals surface area (Å²) in [5.74, 6) is -0.0379. The maximum absolute atomic E-state index is 6.27. The van der Waals surface area contributed by atoms with Crippen LogP contribution in [-0.2, 0) is 15.9 Å². The van der Waals surface area contributed by atoms with E-state index < -0.39 is 5.79 Å². The highest BCUT2D eigenvalue weighted by Gasteiger charge is 2.39. The van der Waals surface area contributed by atoms with Gasteiger partial charge in [-0.05, 0) is 25.3 Å². The van der Waals surface area contributed by atoms with Crippen LogP contribution in [0.15, 0.2) is 30.3 Å². The van der Waals surface area contributed by atoms with Gasteiger partial charge in [-0.15, -0.1) is 0 Å². The molecule has 2 unspecified atom stereocenters. The van der Waals surface area contributed by atoms with E-state index in [2.05, 4.69) is 51.1 Å². The summed E-state index contributed by atoms with van der Waals surface area (Å²) in [6.45, 7) is 7.31. The molecule has 0 saturated carbocycles. The van der Waals surface area contributed by atoms with E-state index in [-0.39, 0.29) is 0 Å². The van der Waals surface area contributed by atoms with Crippen LogP contribution in [0, 0.1) is 5.92 Å². The van der Waals surface area contributed by atoms with E-state index in [1.54, 1.807) is 0 Å². The molecule has 2 nitrogen and oxygen atoms in total. The zero-order chi connectivity index (χ0) is 18.4. The zero-order valence-electron chi connectivity index (χ0n) is 17.1. The Balaban J connectivity index is 2.75. The lowest BCUT2D eigenvalue weighted by molar-refractivity contribution is -0.254. The van der Waals surface area contributed by atoms with Gasteiger partial charge in [0.25, 0.3) is 0 Å². The Kier molecular flexibility index (Phi) is 11.9. The van der Waals surface area contributed by atoms with Gasteiger partial charge in [-0.3, -0.25) is 0 Å². The molecule has 0 aromatic heterocycles. The van der Waals surface area contributed by atoms with Gasteiger partial charge < -0.3 is 9.47 Å². The largest absolute Gasteiger partial charge is 0.353 e. The normalized spacial score (nSPS) is 15.0. The van der Waals surface area contributed by atoms with Crippen molar-refractivity contribution in [2.24, 2.45) is 5.92 Å². The van der Waals surface area contributed by atoms with Crippen LogP contribution in [0.1, 0.15) is 84.1 Å². The van der Waals surface area contributed by atoms with E-state index >= 15 is 0 Å². The van der Waals surface area contributed by atoms with E-state index in [0.717, 1.165) is 12.8 Å². The predicted molar refractivity (Wildman–Crippen MR) is 108 cm³/mol. The lowest BCUT2D eigenvalue weighted by Gasteiger charge is -2.40. The molecule has 0 saturated heterocycles. The lowest BCUT2D eigenvalue weighted by Crippen LogP contribution is -2.45. The highest BCUT2D eigenvalue weighted by atomic mass is 16.7. The SMILES string of the molecule is CCCCCCCCC(CCC)C(Cc1ccccc1)(OC)OCC. The smallest absolute Gasteiger partial charge is 0.174 e. The second-order valence-electron chi connectivity index (χ2n) is 7.15. The van der Waals surface area contributed by atoms with Crippen molar-refractivity contribution in [3.63, 3.8) is 0 Å². The van der Waals surface area contributed by atoms with Crippen molar-refractivity contribution in [3.8, 4) is 0 Å². The first-order valence-corrected chi connectivity index (χ1v) is 10.4. The van der Waals surface area contributed by atoms with Gasteiger partial charge in [0, 0.05) is 26.1 Å². The van der Waals surface area contributed by atoms with Gasteiger partial charge in [0.15, 0.2) is 5.79 Å². The molecule has 0 aliphatic carbocycles. The number of methoxy groups -OCH3 is 1. The first-order valence-electron chi connectivity index (χ1n) is 10.4. The lowest BCUT2D eigenvalue weighted by atomic mass is 9.84. The average Bonchev–Trinajstić information content (AvgIpc) is 2.64. The van der Waals surface area contributed by atoms with E-state index in [1.807, 2.05) is 7.11 Å². The molecular weight excluding hydrogens is 308 g/mol. The zero-order valence-corrected chi connectivity index (χ0v) is 17.1. The molecule has 2 heteroatoms. The molecule has 1 rings (SSSR count). The van der Waals surface area contributed by atoms with E-state index in [4.69, 9.17) is 9.47 Å². The summed E-state index contributed by atoms with van der Waals surface area (Å²) in [5, 5.41) is 0. The molecule has 144 valence electrons. The number of rotatable bonds is 15. The van der Waals surface area contributed by atoms with Crippen LogP contribution < -0.4 is 0 Å². The molecule has 0 heterocycles. The molecule has 0 fully saturated rings. The molecule has 0 spiro atoms. The minimum Gasteiger partial charge on any atom is -0.353 e. The molecule has 0 aliphatic rings. The van der Waals surface area contributed by atoms with Crippen molar-refractivity contribution < 1.29 is 9.47 Å². The summed E-state index contributed by atoms with van der Waals surface area (Å²) in [6.07, 6.45) is 12.4. The van der Waals surface area contributed by atoms with Crippen LogP contribution in [-0.4, -0.2) is 19.5 Å². The van der Waals surface area contributed by atoms with Crippen molar-refractivity contribution in [2.45, 2.75) is 90.8 Å². The first-order chi connectivity index (χ1) is 12.2. The molecular formula is C23H40O2. The molecule has 2 atom stereocenters. The van der Waals surface area contributed by atoms with Crippen LogP contribution in [0.2, 0.25) is 0 Å². The summed E-state index contributed by atoms with van der Waals surface area (Å²) < 4.78 is 12.3. The Morgan fingerprint density at radius 2 is 1.52 bits per heavy atom. The fourth-order valence-corrected chi connectivity index (χ4v) is 3.84. The molecule has 0 N–H and O–H groups in total. The predicted octanol–water partition coefficient (Wildman–Crippen LogP) is 6.78. The Morgan fingerprint density at radius 1 is 0.840 bits per heavy atom. The van der Waals surface area contributed by atoms with Crippen molar-refractivity contribution >= 4 is 0 Å². The Morgan fingerprint density at radius 3 is 2.12 bits per heavy atom. The fourth-order valence-electron chi connectivity index (χ4n) is 3.84. The Labute approximate surface area is 156 Å². The summed E-state index contributed by atoms with van der Waals surface area (Å²) in [5.41, 5.74) is 1.29. The number of hydrogen-bond donors (Lipinski definition) is 0. The van der Waals surface area contributed by atoms with E-state index in [9.17, 15) is 0 Å². The molecule has 0 radical (unpaired) electrons. The number of unbranched alkanes of at least 4 members (excludes halogenated alkanes) is 5. The van der Waals surface area contributed by atoms with Gasteiger partial charge in [0.2, 0.25) is 0 Å². The van der Waals surface area contributed by atoms with Gasteiger partial charge in [-0.2, -0.15) is 0 Å². The van der Waals surface area contributed by atoms with Crippen LogP contribution in [0.5, 0.6) is 0 Å². The summed E-state index contributed by atoms with van der Waals surface area (Å²) >= 11 is 0. The molecule has 0 aliphatic heterocycles. The van der Waals surface area contributed by atoms with Gasteiger partial charge >= 0.3 is 0 Å². The van der Waals surface area contributed by atoms with E-state index in [0.29, 0.717) is 12.5 Å². The van der Waals surface area contributed by atoms with Crippen LogP contribution in [0.3, 0.4) is 0 Å². The average molecular weight is 349 g/mol. The Hall–Kier alpha value is -0.860.